The molecule has 2 rings (SSSR count). The van der Waals surface area contributed by atoms with E-state index in [-0.39, 0.29) is 16.2 Å². The molecule has 7 heteroatoms. The summed E-state index contributed by atoms with van der Waals surface area (Å²) in [5, 5.41) is 2.82. The zero-order chi connectivity index (χ0) is 17.8. The smallest absolute Gasteiger partial charge is 0.242 e. The second kappa shape index (κ2) is 7.63. The Morgan fingerprint density at radius 3 is 2.50 bits per heavy atom. The molecule has 0 unspecified atom stereocenters. The molecule has 1 fully saturated rings. The summed E-state index contributed by atoms with van der Waals surface area (Å²) < 4.78 is 25.5. The normalized spacial score (nSPS) is 17.7. The van der Waals surface area contributed by atoms with E-state index in [1.165, 1.54) is 32.6 Å². The zero-order valence-corrected chi connectivity index (χ0v) is 15.2. The predicted molar refractivity (Wildman–Crippen MR) is 95.1 cm³/mol. The Bertz CT molecular complexity index is 680. The van der Waals surface area contributed by atoms with Gasteiger partial charge in [0.1, 0.15) is 0 Å². The summed E-state index contributed by atoms with van der Waals surface area (Å²) in [6.45, 7) is 0.509. The van der Waals surface area contributed by atoms with Crippen molar-refractivity contribution >= 4 is 21.6 Å². The first-order valence-electron chi connectivity index (χ1n) is 8.32. The summed E-state index contributed by atoms with van der Waals surface area (Å²) in [6, 6.07) is 6.34. The Kier molecular flexibility index (Phi) is 6.01. The molecule has 0 radical (unpaired) electrons. The lowest BCUT2D eigenvalue weighted by molar-refractivity contribution is -0.118. The third kappa shape index (κ3) is 4.34. The van der Waals surface area contributed by atoms with Crippen LogP contribution >= 0.6 is 0 Å². The Morgan fingerprint density at radius 2 is 1.92 bits per heavy atom. The fraction of sp³-hybridized carbons (Fsp3) is 0.588. The van der Waals surface area contributed by atoms with Crippen LogP contribution in [0.5, 0.6) is 0 Å². The highest BCUT2D eigenvalue weighted by Gasteiger charge is 2.33. The first kappa shape index (κ1) is 18.9. The summed E-state index contributed by atoms with van der Waals surface area (Å²) in [7, 11) is -0.555. The van der Waals surface area contributed by atoms with Gasteiger partial charge in [0.25, 0.3) is 0 Å². The van der Waals surface area contributed by atoms with Gasteiger partial charge in [-0.05, 0) is 43.0 Å². The fourth-order valence-electron chi connectivity index (χ4n) is 3.25. The number of nitrogens with zero attached hydrogens (tertiary/aromatic N) is 1. The van der Waals surface area contributed by atoms with Gasteiger partial charge in [0, 0.05) is 26.2 Å². The molecule has 1 aliphatic carbocycles. The second-order valence-electron chi connectivity index (χ2n) is 6.80. The Labute approximate surface area is 144 Å². The minimum absolute atomic E-state index is 0.109. The molecule has 1 aliphatic rings. The summed E-state index contributed by atoms with van der Waals surface area (Å²) in [4.78, 5) is 12.6. The van der Waals surface area contributed by atoms with E-state index in [4.69, 9.17) is 5.73 Å². The Hall–Kier alpha value is -1.44. The lowest BCUT2D eigenvalue weighted by atomic mass is 9.71. The van der Waals surface area contributed by atoms with Gasteiger partial charge in [0.05, 0.1) is 4.90 Å². The van der Waals surface area contributed by atoms with Crippen molar-refractivity contribution in [3.8, 4) is 0 Å². The fourth-order valence-corrected chi connectivity index (χ4v) is 4.19. The van der Waals surface area contributed by atoms with Crippen LogP contribution < -0.4 is 11.1 Å². The van der Waals surface area contributed by atoms with Gasteiger partial charge in [-0.3, -0.25) is 4.79 Å². The van der Waals surface area contributed by atoms with Gasteiger partial charge in [-0.15, -0.1) is 0 Å². The van der Waals surface area contributed by atoms with Crippen LogP contribution in [0.3, 0.4) is 0 Å². The number of carbonyl (C=O) groups excluding carboxylic acids is 1. The van der Waals surface area contributed by atoms with E-state index in [0.29, 0.717) is 18.7 Å². The average Bonchev–Trinajstić information content (AvgIpc) is 2.55. The number of hydrogen-bond donors (Lipinski definition) is 2. The van der Waals surface area contributed by atoms with Crippen LogP contribution in [-0.4, -0.2) is 39.3 Å². The first-order chi connectivity index (χ1) is 11.3. The molecule has 0 bridgehead atoms. The maximum atomic E-state index is 12.4. The van der Waals surface area contributed by atoms with Crippen LogP contribution in [0.15, 0.2) is 29.2 Å². The molecule has 134 valence electrons. The minimum Gasteiger partial charge on any atom is -0.330 e. The highest BCUT2D eigenvalue weighted by molar-refractivity contribution is 7.89. The number of rotatable bonds is 6. The van der Waals surface area contributed by atoms with Gasteiger partial charge >= 0.3 is 0 Å². The van der Waals surface area contributed by atoms with E-state index in [1.54, 1.807) is 12.1 Å². The molecular weight excluding hydrogens is 326 g/mol. The molecule has 0 spiro atoms. The summed E-state index contributed by atoms with van der Waals surface area (Å²) >= 11 is 0. The predicted octanol–water partition coefficient (Wildman–Crippen LogP) is 2.17. The lowest BCUT2D eigenvalue weighted by Gasteiger charge is -2.35. The molecule has 1 amide bonds. The van der Waals surface area contributed by atoms with Gasteiger partial charge in [-0.25, -0.2) is 12.7 Å². The molecule has 24 heavy (non-hydrogen) atoms. The molecule has 1 aromatic carbocycles. The van der Waals surface area contributed by atoms with Crippen molar-refractivity contribution in [2.24, 2.45) is 11.1 Å². The maximum Gasteiger partial charge on any atom is 0.242 e. The Balaban J connectivity index is 2.09. The molecular formula is C17H27N3O3S. The van der Waals surface area contributed by atoms with Crippen molar-refractivity contribution < 1.29 is 13.2 Å². The van der Waals surface area contributed by atoms with Crippen LogP contribution in [0, 0.1) is 5.41 Å². The van der Waals surface area contributed by atoms with E-state index in [1.807, 2.05) is 0 Å². The average molecular weight is 353 g/mol. The molecule has 0 aliphatic heterocycles. The van der Waals surface area contributed by atoms with Crippen molar-refractivity contribution in [1.82, 2.24) is 4.31 Å². The number of amides is 1. The van der Waals surface area contributed by atoms with Gasteiger partial charge < -0.3 is 11.1 Å². The standard InChI is InChI=1S/C17H27N3O3S/c1-20(2)24(22,23)15-8-6-7-14(11-15)19-16(21)12-17(13-18)9-4-3-5-10-17/h6-8,11H,3-5,9-10,12-13,18H2,1-2H3,(H,19,21). The summed E-state index contributed by atoms with van der Waals surface area (Å²) in [5.74, 6) is -0.109. The van der Waals surface area contributed by atoms with Crippen molar-refractivity contribution in [3.63, 3.8) is 0 Å². The summed E-state index contributed by atoms with van der Waals surface area (Å²) in [6.07, 6.45) is 5.77. The van der Waals surface area contributed by atoms with Crippen molar-refractivity contribution in [1.29, 1.82) is 0 Å². The third-order valence-corrected chi connectivity index (χ3v) is 6.59. The van der Waals surface area contributed by atoms with Crippen molar-refractivity contribution in [2.45, 2.75) is 43.4 Å². The van der Waals surface area contributed by atoms with Crippen LogP contribution in [0.2, 0.25) is 0 Å². The van der Waals surface area contributed by atoms with Crippen LogP contribution in [-0.2, 0) is 14.8 Å². The molecule has 0 aromatic heterocycles. The SMILES string of the molecule is CN(C)S(=O)(=O)c1cccc(NC(=O)CC2(CN)CCCCC2)c1. The summed E-state index contributed by atoms with van der Waals surface area (Å²) in [5.41, 5.74) is 6.31. The van der Waals surface area contributed by atoms with E-state index >= 15 is 0 Å². The highest BCUT2D eigenvalue weighted by Crippen LogP contribution is 2.38. The van der Waals surface area contributed by atoms with E-state index < -0.39 is 10.0 Å². The topological polar surface area (TPSA) is 92.5 Å². The molecule has 0 atom stereocenters. The van der Waals surface area contributed by atoms with Gasteiger partial charge in [0.2, 0.25) is 15.9 Å². The number of benzene rings is 1. The number of carbonyl (C=O) groups is 1. The zero-order valence-electron chi connectivity index (χ0n) is 14.4. The van der Waals surface area contributed by atoms with Crippen LogP contribution in [0.25, 0.3) is 0 Å². The van der Waals surface area contributed by atoms with E-state index in [2.05, 4.69) is 5.32 Å². The first-order valence-corrected chi connectivity index (χ1v) is 9.76. The lowest BCUT2D eigenvalue weighted by Crippen LogP contribution is -2.36. The third-order valence-electron chi connectivity index (χ3n) is 4.78. The molecule has 3 N–H and O–H groups in total. The largest absolute Gasteiger partial charge is 0.330 e. The van der Waals surface area contributed by atoms with Gasteiger partial charge in [-0.1, -0.05) is 25.3 Å². The molecule has 6 nitrogen and oxygen atoms in total. The monoisotopic (exact) mass is 353 g/mol. The molecule has 1 aromatic rings. The maximum absolute atomic E-state index is 12.4. The number of anilines is 1. The van der Waals surface area contributed by atoms with Crippen molar-refractivity contribution in [3.05, 3.63) is 24.3 Å². The number of hydrogen-bond acceptors (Lipinski definition) is 4. The Morgan fingerprint density at radius 1 is 1.25 bits per heavy atom. The number of nitrogens with one attached hydrogen (secondary N) is 1. The molecule has 0 heterocycles. The quantitative estimate of drug-likeness (QED) is 0.820. The van der Waals surface area contributed by atoms with Gasteiger partial charge in [-0.2, -0.15) is 0 Å². The minimum atomic E-state index is -3.52. The highest BCUT2D eigenvalue weighted by atomic mass is 32.2. The number of sulfonamides is 1. The molecule has 1 saturated carbocycles. The van der Waals surface area contributed by atoms with Crippen LogP contribution in [0.1, 0.15) is 38.5 Å². The van der Waals surface area contributed by atoms with Crippen molar-refractivity contribution in [2.75, 3.05) is 26.0 Å². The number of nitrogens with two attached hydrogens (primary N) is 1. The second-order valence-corrected chi connectivity index (χ2v) is 8.96. The van der Waals surface area contributed by atoms with Gasteiger partial charge in [0.15, 0.2) is 0 Å². The van der Waals surface area contributed by atoms with E-state index in [0.717, 1.165) is 30.0 Å². The van der Waals surface area contributed by atoms with E-state index in [9.17, 15) is 13.2 Å². The molecule has 0 saturated heterocycles. The van der Waals surface area contributed by atoms with Crippen LogP contribution in [0.4, 0.5) is 5.69 Å².